The first-order valence-electron chi connectivity index (χ1n) is 7.20. The fourth-order valence-corrected chi connectivity index (χ4v) is 2.72. The summed E-state index contributed by atoms with van der Waals surface area (Å²) in [5.74, 6) is 1.29. The molecule has 2 aromatic carbocycles. The van der Waals surface area contributed by atoms with Crippen LogP contribution in [-0.2, 0) is 0 Å². The summed E-state index contributed by atoms with van der Waals surface area (Å²) in [6, 6.07) is 13.4. The summed E-state index contributed by atoms with van der Waals surface area (Å²) in [6.07, 6.45) is 2.42. The normalized spacial score (nSPS) is 13.9. The fraction of sp³-hybridized carbons (Fsp3) is 0.444. The van der Waals surface area contributed by atoms with Crippen LogP contribution in [0, 0.1) is 0 Å². The van der Waals surface area contributed by atoms with Crippen LogP contribution in [0.15, 0.2) is 36.4 Å². The number of rotatable bonds is 4. The van der Waals surface area contributed by atoms with Crippen molar-refractivity contribution < 1.29 is 31.0 Å². The molecule has 0 nitrogen and oxygen atoms in total. The minimum Gasteiger partial charge on any atom is -1.00 e. The van der Waals surface area contributed by atoms with Crippen LogP contribution < -0.4 is 29.6 Å². The van der Waals surface area contributed by atoms with Gasteiger partial charge in [0, 0.05) is 0 Å². The topological polar surface area (TPSA) is 0 Å². The molecule has 0 fully saturated rings. The summed E-state index contributed by atoms with van der Waals surface area (Å²) in [4.78, 5) is 0. The van der Waals surface area contributed by atoms with E-state index in [-0.39, 0.29) is 31.0 Å². The first-order valence-corrected chi connectivity index (χ1v) is 7.20. The Morgan fingerprint density at radius 1 is 0.895 bits per heavy atom. The monoisotopic (exact) mass is 264 g/mol. The van der Waals surface area contributed by atoms with Crippen LogP contribution in [-0.4, -0.2) is 0 Å². The van der Waals surface area contributed by atoms with Gasteiger partial charge in [-0.15, -0.1) is 0 Å². The SMILES string of the molecule is CCC(C)c1ccc2ccccc2c1C(C)CC.[H-].[Na+]. The van der Waals surface area contributed by atoms with Crippen molar-refractivity contribution >= 4 is 10.8 Å². The second-order valence-electron chi connectivity index (χ2n) is 5.41. The zero-order chi connectivity index (χ0) is 13.1. The smallest absolute Gasteiger partial charge is 1.00 e. The molecule has 2 rings (SSSR count). The van der Waals surface area contributed by atoms with E-state index in [1.165, 1.54) is 23.6 Å². The molecule has 0 aliphatic rings. The molecule has 2 unspecified atom stereocenters. The molecular formula is C18H25Na. The Balaban J connectivity index is 0.00000180. The van der Waals surface area contributed by atoms with Gasteiger partial charge in [-0.25, -0.2) is 0 Å². The molecule has 2 atom stereocenters. The molecular weight excluding hydrogens is 239 g/mol. The molecule has 0 radical (unpaired) electrons. The van der Waals surface area contributed by atoms with Gasteiger partial charge in [-0.2, -0.15) is 0 Å². The average molecular weight is 264 g/mol. The first-order chi connectivity index (χ1) is 8.69. The molecule has 0 saturated carbocycles. The van der Waals surface area contributed by atoms with Crippen LogP contribution in [0.1, 0.15) is 64.9 Å². The summed E-state index contributed by atoms with van der Waals surface area (Å²) in [5, 5.41) is 2.82. The van der Waals surface area contributed by atoms with Crippen LogP contribution >= 0.6 is 0 Å². The maximum atomic E-state index is 2.35. The summed E-state index contributed by atoms with van der Waals surface area (Å²) in [7, 11) is 0. The Morgan fingerprint density at radius 2 is 1.53 bits per heavy atom. The number of hydrogen-bond acceptors (Lipinski definition) is 0. The van der Waals surface area contributed by atoms with Crippen molar-refractivity contribution in [3.63, 3.8) is 0 Å². The summed E-state index contributed by atoms with van der Waals surface area (Å²) in [5.41, 5.74) is 3.12. The van der Waals surface area contributed by atoms with E-state index in [1.54, 1.807) is 11.1 Å². The Bertz CT molecular complexity index is 536. The van der Waals surface area contributed by atoms with Gasteiger partial charge in [-0.1, -0.05) is 64.1 Å². The van der Waals surface area contributed by atoms with Gasteiger partial charge in [0.05, 0.1) is 0 Å². The molecule has 0 aromatic heterocycles. The second kappa shape index (κ2) is 7.47. The fourth-order valence-electron chi connectivity index (χ4n) is 2.72. The van der Waals surface area contributed by atoms with Crippen LogP contribution in [0.25, 0.3) is 10.8 Å². The van der Waals surface area contributed by atoms with E-state index in [0.29, 0.717) is 11.8 Å². The van der Waals surface area contributed by atoms with Gasteiger partial charge >= 0.3 is 29.6 Å². The van der Waals surface area contributed by atoms with Crippen molar-refractivity contribution in [1.82, 2.24) is 0 Å². The molecule has 0 aliphatic carbocycles. The molecule has 0 aliphatic heterocycles. The van der Waals surface area contributed by atoms with Crippen molar-refractivity contribution in [3.8, 4) is 0 Å². The van der Waals surface area contributed by atoms with Crippen molar-refractivity contribution in [3.05, 3.63) is 47.5 Å². The Hall–Kier alpha value is -0.300. The molecule has 0 bridgehead atoms. The van der Waals surface area contributed by atoms with E-state index in [2.05, 4.69) is 64.1 Å². The minimum absolute atomic E-state index is 0. The van der Waals surface area contributed by atoms with E-state index in [4.69, 9.17) is 0 Å². The summed E-state index contributed by atoms with van der Waals surface area (Å²) in [6.45, 7) is 9.26. The maximum absolute atomic E-state index is 2.35. The molecule has 98 valence electrons. The molecule has 2 aromatic rings. The Labute approximate surface area is 141 Å². The van der Waals surface area contributed by atoms with E-state index in [9.17, 15) is 0 Å². The predicted octanol–water partition coefficient (Wildman–Crippen LogP) is 2.98. The largest absolute Gasteiger partial charge is 1.00 e. The molecule has 0 saturated heterocycles. The van der Waals surface area contributed by atoms with Gasteiger partial charge in [0.15, 0.2) is 0 Å². The number of hydrogen-bond donors (Lipinski definition) is 0. The Morgan fingerprint density at radius 3 is 2.16 bits per heavy atom. The maximum Gasteiger partial charge on any atom is 1.00 e. The molecule has 0 heterocycles. The van der Waals surface area contributed by atoms with Crippen LogP contribution in [0.2, 0.25) is 0 Å². The molecule has 0 spiro atoms. The number of fused-ring (bicyclic) bond motifs is 1. The molecule has 0 amide bonds. The van der Waals surface area contributed by atoms with Gasteiger partial charge < -0.3 is 1.43 Å². The van der Waals surface area contributed by atoms with Crippen molar-refractivity contribution in [2.75, 3.05) is 0 Å². The number of benzene rings is 2. The van der Waals surface area contributed by atoms with Gasteiger partial charge in [-0.3, -0.25) is 0 Å². The molecule has 0 N–H and O–H groups in total. The van der Waals surface area contributed by atoms with Gasteiger partial charge in [0.2, 0.25) is 0 Å². The standard InChI is InChI=1S/C18H24.Na.H/c1-5-13(3)16-12-11-15-9-7-8-10-17(15)18(16)14(4)6-2;;/h7-14H,5-6H2,1-4H3;;/q;+1;-1. The van der Waals surface area contributed by atoms with Gasteiger partial charge in [-0.05, 0) is 46.6 Å². The van der Waals surface area contributed by atoms with Crippen molar-refractivity contribution in [2.45, 2.75) is 52.4 Å². The van der Waals surface area contributed by atoms with E-state index < -0.39 is 0 Å². The van der Waals surface area contributed by atoms with Crippen molar-refractivity contribution in [1.29, 1.82) is 0 Å². The van der Waals surface area contributed by atoms with Crippen molar-refractivity contribution in [2.24, 2.45) is 0 Å². The van der Waals surface area contributed by atoms with E-state index in [0.717, 1.165) is 0 Å². The third-order valence-corrected chi connectivity index (χ3v) is 4.25. The first kappa shape index (κ1) is 16.8. The van der Waals surface area contributed by atoms with Crippen LogP contribution in [0.5, 0.6) is 0 Å². The average Bonchev–Trinajstić information content (AvgIpc) is 2.44. The van der Waals surface area contributed by atoms with E-state index in [1.807, 2.05) is 0 Å². The third kappa shape index (κ3) is 3.42. The van der Waals surface area contributed by atoms with Gasteiger partial charge in [0.25, 0.3) is 0 Å². The zero-order valence-electron chi connectivity index (χ0n) is 14.0. The second-order valence-corrected chi connectivity index (χ2v) is 5.41. The molecule has 1 heteroatoms. The van der Waals surface area contributed by atoms with E-state index >= 15 is 0 Å². The predicted molar refractivity (Wildman–Crippen MR) is 82.5 cm³/mol. The Kier molecular flexibility index (Phi) is 6.59. The van der Waals surface area contributed by atoms with Crippen LogP contribution in [0.4, 0.5) is 0 Å². The van der Waals surface area contributed by atoms with Crippen LogP contribution in [0.3, 0.4) is 0 Å². The molecule has 19 heavy (non-hydrogen) atoms. The van der Waals surface area contributed by atoms with Gasteiger partial charge in [0.1, 0.15) is 0 Å². The third-order valence-electron chi connectivity index (χ3n) is 4.25. The zero-order valence-corrected chi connectivity index (χ0v) is 15.0. The summed E-state index contributed by atoms with van der Waals surface area (Å²) < 4.78 is 0. The summed E-state index contributed by atoms with van der Waals surface area (Å²) >= 11 is 0. The quantitative estimate of drug-likeness (QED) is 0.745. The minimum atomic E-state index is 0.